The Hall–Kier alpha value is -0.820. The van der Waals surface area contributed by atoms with E-state index in [1.807, 2.05) is 25.1 Å². The molecule has 6 heteroatoms. The highest BCUT2D eigenvalue weighted by molar-refractivity contribution is 9.11. The molecule has 4 nitrogen and oxygen atoms in total. The van der Waals surface area contributed by atoms with Gasteiger partial charge in [0, 0.05) is 12.2 Å². The van der Waals surface area contributed by atoms with Gasteiger partial charge in [0.1, 0.15) is 6.10 Å². The van der Waals surface area contributed by atoms with Gasteiger partial charge in [-0.25, -0.2) is 9.97 Å². The second kappa shape index (κ2) is 5.22. The van der Waals surface area contributed by atoms with Gasteiger partial charge in [-0.15, -0.1) is 11.3 Å². The van der Waals surface area contributed by atoms with Crippen molar-refractivity contribution in [3.05, 3.63) is 33.5 Å². The Bertz CT molecular complexity index is 529. The number of aromatic nitrogens is 2. The quantitative estimate of drug-likeness (QED) is 0.911. The fourth-order valence-corrected chi connectivity index (χ4v) is 2.77. The molecular formula is C11H12BrN3OS. The predicted octanol–water partition coefficient (Wildman–Crippen LogP) is 2.27. The van der Waals surface area contributed by atoms with Crippen LogP contribution in [0.3, 0.4) is 0 Å². The Morgan fingerprint density at radius 1 is 1.47 bits per heavy atom. The van der Waals surface area contributed by atoms with E-state index in [1.54, 1.807) is 11.3 Å². The molecule has 0 aliphatic carbocycles. The highest BCUT2D eigenvalue weighted by Gasteiger charge is 2.12. The predicted molar refractivity (Wildman–Crippen MR) is 71.8 cm³/mol. The molecule has 90 valence electrons. The second-order valence-electron chi connectivity index (χ2n) is 3.61. The number of hydrogen-bond acceptors (Lipinski definition) is 5. The maximum atomic E-state index is 9.67. The summed E-state index contributed by atoms with van der Waals surface area (Å²) in [4.78, 5) is 9.56. The van der Waals surface area contributed by atoms with Crippen LogP contribution in [0.25, 0.3) is 10.6 Å². The lowest BCUT2D eigenvalue weighted by Crippen LogP contribution is -2.15. The van der Waals surface area contributed by atoms with Crippen molar-refractivity contribution in [2.75, 3.05) is 6.54 Å². The third-order valence-corrected chi connectivity index (χ3v) is 3.86. The molecule has 0 saturated carbocycles. The Kier molecular flexibility index (Phi) is 3.88. The van der Waals surface area contributed by atoms with Crippen LogP contribution in [0.15, 0.2) is 22.0 Å². The number of nitrogens with two attached hydrogens (primary N) is 1. The van der Waals surface area contributed by atoms with Crippen molar-refractivity contribution >= 4 is 27.3 Å². The van der Waals surface area contributed by atoms with Gasteiger partial charge in [-0.2, -0.15) is 0 Å². The minimum Gasteiger partial charge on any atom is -0.384 e. The molecule has 0 aliphatic rings. The van der Waals surface area contributed by atoms with Crippen molar-refractivity contribution in [3.8, 4) is 10.6 Å². The lowest BCUT2D eigenvalue weighted by atomic mass is 10.2. The Morgan fingerprint density at radius 2 is 2.24 bits per heavy atom. The topological polar surface area (TPSA) is 72.0 Å². The SMILES string of the molecule is Cc1cc(-c2ccc(Br)s2)nc(C(O)CN)n1. The van der Waals surface area contributed by atoms with Crippen LogP contribution in [0.4, 0.5) is 0 Å². The number of thiophene rings is 1. The molecule has 0 aromatic carbocycles. The normalized spacial score (nSPS) is 12.7. The number of aliphatic hydroxyl groups excluding tert-OH is 1. The third-order valence-electron chi connectivity index (χ3n) is 2.22. The number of rotatable bonds is 3. The zero-order chi connectivity index (χ0) is 12.4. The highest BCUT2D eigenvalue weighted by atomic mass is 79.9. The summed E-state index contributed by atoms with van der Waals surface area (Å²) in [5, 5.41) is 9.67. The average molecular weight is 314 g/mol. The zero-order valence-electron chi connectivity index (χ0n) is 9.22. The summed E-state index contributed by atoms with van der Waals surface area (Å²) in [5.41, 5.74) is 7.05. The molecular weight excluding hydrogens is 302 g/mol. The number of halogens is 1. The molecule has 0 spiro atoms. The molecule has 17 heavy (non-hydrogen) atoms. The lowest BCUT2D eigenvalue weighted by molar-refractivity contribution is 0.176. The minimum absolute atomic E-state index is 0.122. The molecule has 2 aromatic heterocycles. The number of nitrogens with zero attached hydrogens (tertiary/aromatic N) is 2. The number of aliphatic hydroxyl groups is 1. The standard InChI is InChI=1S/C11H12BrN3OS/c1-6-4-7(9-2-3-10(12)17-9)15-11(14-6)8(16)5-13/h2-4,8,16H,5,13H2,1H3. The van der Waals surface area contributed by atoms with E-state index in [-0.39, 0.29) is 6.54 Å². The smallest absolute Gasteiger partial charge is 0.159 e. The number of aryl methyl sites for hydroxylation is 1. The van der Waals surface area contributed by atoms with E-state index < -0.39 is 6.10 Å². The van der Waals surface area contributed by atoms with Crippen LogP contribution in [-0.4, -0.2) is 21.6 Å². The van der Waals surface area contributed by atoms with Crippen molar-refractivity contribution < 1.29 is 5.11 Å². The Labute approximate surface area is 112 Å². The third kappa shape index (κ3) is 2.90. The van der Waals surface area contributed by atoms with E-state index in [1.165, 1.54) is 0 Å². The van der Waals surface area contributed by atoms with Gasteiger partial charge in [0.15, 0.2) is 5.82 Å². The minimum atomic E-state index is -0.808. The van der Waals surface area contributed by atoms with E-state index in [0.717, 1.165) is 20.1 Å². The number of hydrogen-bond donors (Lipinski definition) is 2. The van der Waals surface area contributed by atoms with Gasteiger partial charge in [-0.3, -0.25) is 0 Å². The van der Waals surface area contributed by atoms with Crippen LogP contribution < -0.4 is 5.73 Å². The molecule has 2 heterocycles. The molecule has 2 rings (SSSR count). The van der Waals surface area contributed by atoms with Crippen molar-refractivity contribution in [2.45, 2.75) is 13.0 Å². The largest absolute Gasteiger partial charge is 0.384 e. The van der Waals surface area contributed by atoms with E-state index in [0.29, 0.717) is 5.82 Å². The summed E-state index contributed by atoms with van der Waals surface area (Å²) in [5.74, 6) is 0.382. The summed E-state index contributed by atoms with van der Waals surface area (Å²) in [7, 11) is 0. The van der Waals surface area contributed by atoms with E-state index in [2.05, 4.69) is 25.9 Å². The van der Waals surface area contributed by atoms with Crippen LogP contribution in [0, 0.1) is 6.92 Å². The first-order valence-electron chi connectivity index (χ1n) is 5.09. The summed E-state index contributed by atoms with van der Waals surface area (Å²) < 4.78 is 1.05. The van der Waals surface area contributed by atoms with Crippen molar-refractivity contribution in [1.29, 1.82) is 0 Å². The van der Waals surface area contributed by atoms with Crippen LogP contribution in [0.1, 0.15) is 17.6 Å². The molecule has 0 bridgehead atoms. The maximum Gasteiger partial charge on any atom is 0.159 e. The molecule has 0 radical (unpaired) electrons. The van der Waals surface area contributed by atoms with E-state index in [9.17, 15) is 5.11 Å². The van der Waals surface area contributed by atoms with Crippen LogP contribution in [0.2, 0.25) is 0 Å². The van der Waals surface area contributed by atoms with Crippen molar-refractivity contribution in [1.82, 2.24) is 9.97 Å². The average Bonchev–Trinajstić information content (AvgIpc) is 2.74. The molecule has 1 atom stereocenters. The van der Waals surface area contributed by atoms with E-state index in [4.69, 9.17) is 5.73 Å². The summed E-state index contributed by atoms with van der Waals surface area (Å²) in [6, 6.07) is 5.84. The van der Waals surface area contributed by atoms with Crippen LogP contribution in [-0.2, 0) is 0 Å². The van der Waals surface area contributed by atoms with Gasteiger partial charge in [0.25, 0.3) is 0 Å². The molecule has 1 unspecified atom stereocenters. The molecule has 0 saturated heterocycles. The first-order chi connectivity index (χ1) is 8.10. The van der Waals surface area contributed by atoms with E-state index >= 15 is 0 Å². The monoisotopic (exact) mass is 313 g/mol. The van der Waals surface area contributed by atoms with Gasteiger partial charge >= 0.3 is 0 Å². The highest BCUT2D eigenvalue weighted by Crippen LogP contribution is 2.30. The molecule has 0 aliphatic heterocycles. The fraction of sp³-hybridized carbons (Fsp3) is 0.273. The molecule has 0 amide bonds. The van der Waals surface area contributed by atoms with Crippen LogP contribution in [0.5, 0.6) is 0 Å². The maximum absolute atomic E-state index is 9.67. The molecule has 2 aromatic rings. The van der Waals surface area contributed by atoms with Crippen molar-refractivity contribution in [2.24, 2.45) is 5.73 Å². The molecule has 3 N–H and O–H groups in total. The Balaban J connectivity index is 2.44. The van der Waals surface area contributed by atoms with Gasteiger partial charge in [0.2, 0.25) is 0 Å². The first kappa shape index (κ1) is 12.6. The zero-order valence-corrected chi connectivity index (χ0v) is 11.6. The molecule has 0 fully saturated rings. The van der Waals surface area contributed by atoms with Gasteiger partial charge in [-0.1, -0.05) is 0 Å². The summed E-state index contributed by atoms with van der Waals surface area (Å²) in [6.45, 7) is 2.00. The Morgan fingerprint density at radius 3 is 2.82 bits per heavy atom. The fourth-order valence-electron chi connectivity index (χ4n) is 1.42. The summed E-state index contributed by atoms with van der Waals surface area (Å²) in [6.07, 6.45) is -0.808. The summed E-state index contributed by atoms with van der Waals surface area (Å²) >= 11 is 5.01. The van der Waals surface area contributed by atoms with Crippen LogP contribution >= 0.6 is 27.3 Å². The second-order valence-corrected chi connectivity index (χ2v) is 6.07. The van der Waals surface area contributed by atoms with Gasteiger partial charge in [0.05, 0.1) is 14.4 Å². The lowest BCUT2D eigenvalue weighted by Gasteiger charge is -2.08. The van der Waals surface area contributed by atoms with Gasteiger partial charge < -0.3 is 10.8 Å². The van der Waals surface area contributed by atoms with Gasteiger partial charge in [-0.05, 0) is 41.1 Å². The van der Waals surface area contributed by atoms with Crippen molar-refractivity contribution in [3.63, 3.8) is 0 Å². The first-order valence-corrected chi connectivity index (χ1v) is 6.70.